The molecule has 0 unspecified atom stereocenters. The lowest BCUT2D eigenvalue weighted by Crippen LogP contribution is -2.41. The third-order valence-electron chi connectivity index (χ3n) is 5.98. The van der Waals surface area contributed by atoms with Crippen molar-refractivity contribution >= 4 is 28.9 Å². The molecule has 1 aromatic heterocycles. The Labute approximate surface area is 195 Å². The summed E-state index contributed by atoms with van der Waals surface area (Å²) in [6.07, 6.45) is 3.46. The molecule has 2 amide bonds. The number of halogens is 2. The summed E-state index contributed by atoms with van der Waals surface area (Å²) in [6.45, 7) is 1.93. The molecule has 0 aliphatic carbocycles. The monoisotopic (exact) mass is 468 g/mol. The number of nitrogens with zero attached hydrogens (tertiary/aromatic N) is 3. The van der Waals surface area contributed by atoms with Crippen LogP contribution in [-0.2, 0) is 0 Å². The van der Waals surface area contributed by atoms with Crippen LogP contribution in [0.25, 0.3) is 0 Å². The van der Waals surface area contributed by atoms with Gasteiger partial charge < -0.3 is 20.4 Å². The average Bonchev–Trinajstić information content (AvgIpc) is 3.28. The summed E-state index contributed by atoms with van der Waals surface area (Å²) in [5.74, 6) is -3.60. The van der Waals surface area contributed by atoms with Crippen LogP contribution in [0.3, 0.4) is 0 Å². The Bertz CT molecular complexity index is 1150. The predicted molar refractivity (Wildman–Crippen MR) is 126 cm³/mol. The SMILES string of the molecule is CN(C)C1CCN(c2ccc(NC(=O)c3n[nH]cc3NC(=O)c3c(F)cccc3F)cc2)CC1. The zero-order valence-electron chi connectivity index (χ0n) is 18.9. The average molecular weight is 469 g/mol. The number of aromatic nitrogens is 2. The number of amides is 2. The Kier molecular flexibility index (Phi) is 6.87. The number of aromatic amines is 1. The number of nitrogens with one attached hydrogen (secondary N) is 3. The van der Waals surface area contributed by atoms with Crippen LogP contribution in [0.5, 0.6) is 0 Å². The van der Waals surface area contributed by atoms with Gasteiger partial charge in [0.05, 0.1) is 5.69 Å². The molecule has 10 heteroatoms. The van der Waals surface area contributed by atoms with Crippen LogP contribution in [0.1, 0.15) is 33.7 Å². The van der Waals surface area contributed by atoms with Gasteiger partial charge in [-0.2, -0.15) is 5.10 Å². The van der Waals surface area contributed by atoms with Crippen LogP contribution in [0.4, 0.5) is 25.8 Å². The van der Waals surface area contributed by atoms with E-state index in [1.54, 1.807) is 12.1 Å². The first-order valence-corrected chi connectivity index (χ1v) is 11.0. The third-order valence-corrected chi connectivity index (χ3v) is 5.98. The molecule has 34 heavy (non-hydrogen) atoms. The van der Waals surface area contributed by atoms with Crippen molar-refractivity contribution < 1.29 is 18.4 Å². The van der Waals surface area contributed by atoms with Gasteiger partial charge in [-0.1, -0.05) is 6.07 Å². The molecule has 3 N–H and O–H groups in total. The largest absolute Gasteiger partial charge is 0.371 e. The van der Waals surface area contributed by atoms with Crippen molar-refractivity contribution in [2.75, 3.05) is 42.7 Å². The first-order chi connectivity index (χ1) is 16.3. The molecular formula is C24H26F2N6O2. The number of H-pyrrole nitrogens is 1. The Morgan fingerprint density at radius 2 is 1.65 bits per heavy atom. The van der Waals surface area contributed by atoms with Gasteiger partial charge in [0.2, 0.25) is 0 Å². The molecule has 8 nitrogen and oxygen atoms in total. The smallest absolute Gasteiger partial charge is 0.278 e. The summed E-state index contributed by atoms with van der Waals surface area (Å²) in [6, 6.07) is 11.2. The number of carbonyl (C=O) groups excluding carboxylic acids is 2. The molecule has 178 valence electrons. The molecular weight excluding hydrogens is 442 g/mol. The molecule has 0 radical (unpaired) electrons. The molecule has 3 aromatic rings. The van der Waals surface area contributed by atoms with Gasteiger partial charge in [0.25, 0.3) is 11.8 Å². The summed E-state index contributed by atoms with van der Waals surface area (Å²) >= 11 is 0. The topological polar surface area (TPSA) is 93.4 Å². The maximum Gasteiger partial charge on any atom is 0.278 e. The van der Waals surface area contributed by atoms with Crippen LogP contribution < -0.4 is 15.5 Å². The highest BCUT2D eigenvalue weighted by atomic mass is 19.1. The Morgan fingerprint density at radius 3 is 2.26 bits per heavy atom. The molecule has 1 aliphatic rings. The van der Waals surface area contributed by atoms with Crippen molar-refractivity contribution in [2.45, 2.75) is 18.9 Å². The predicted octanol–water partition coefficient (Wildman–Crippen LogP) is 3.72. The summed E-state index contributed by atoms with van der Waals surface area (Å²) in [5, 5.41) is 11.4. The van der Waals surface area contributed by atoms with E-state index in [1.165, 1.54) is 6.20 Å². The second kappa shape index (κ2) is 10.0. The number of piperidine rings is 1. The number of benzene rings is 2. The lowest BCUT2D eigenvalue weighted by atomic mass is 10.0. The molecule has 0 atom stereocenters. The quantitative estimate of drug-likeness (QED) is 0.513. The van der Waals surface area contributed by atoms with E-state index in [4.69, 9.17) is 0 Å². The standard InChI is InChI=1S/C24H26F2N6O2/c1-31(2)16-10-12-32(13-11-16)17-8-6-15(7-9-17)28-24(34)22-20(14-27-30-22)29-23(33)21-18(25)4-3-5-19(21)26/h3-9,14,16H,10-13H2,1-2H3,(H,27,30)(H,28,34)(H,29,33). The lowest BCUT2D eigenvalue weighted by Gasteiger charge is -2.36. The highest BCUT2D eigenvalue weighted by molar-refractivity contribution is 6.11. The van der Waals surface area contributed by atoms with Crippen LogP contribution in [0.15, 0.2) is 48.7 Å². The highest BCUT2D eigenvalue weighted by Gasteiger charge is 2.23. The van der Waals surface area contributed by atoms with Gasteiger partial charge in [0.15, 0.2) is 5.69 Å². The van der Waals surface area contributed by atoms with Gasteiger partial charge in [0, 0.05) is 36.7 Å². The Hall–Kier alpha value is -3.79. The van der Waals surface area contributed by atoms with Crippen molar-refractivity contribution in [3.05, 3.63) is 71.6 Å². The molecule has 0 spiro atoms. The number of hydrogen-bond donors (Lipinski definition) is 3. The first-order valence-electron chi connectivity index (χ1n) is 11.0. The normalized spacial score (nSPS) is 14.3. The third kappa shape index (κ3) is 5.07. The van der Waals surface area contributed by atoms with Crippen molar-refractivity contribution in [2.24, 2.45) is 0 Å². The van der Waals surface area contributed by atoms with E-state index >= 15 is 0 Å². The molecule has 0 bridgehead atoms. The van der Waals surface area contributed by atoms with Gasteiger partial charge in [-0.05, 0) is 63.3 Å². The van der Waals surface area contributed by atoms with Crippen molar-refractivity contribution in [1.29, 1.82) is 0 Å². The van der Waals surface area contributed by atoms with Gasteiger partial charge >= 0.3 is 0 Å². The van der Waals surface area contributed by atoms with Crippen LogP contribution in [0, 0.1) is 11.6 Å². The number of anilines is 3. The van der Waals surface area contributed by atoms with Crippen LogP contribution in [0.2, 0.25) is 0 Å². The lowest BCUT2D eigenvalue weighted by molar-refractivity contribution is 0.101. The van der Waals surface area contributed by atoms with Crippen molar-refractivity contribution in [1.82, 2.24) is 15.1 Å². The Balaban J connectivity index is 1.39. The molecule has 0 saturated carbocycles. The molecule has 1 saturated heterocycles. The van der Waals surface area contributed by atoms with Gasteiger partial charge in [-0.3, -0.25) is 14.7 Å². The maximum atomic E-state index is 13.9. The fourth-order valence-corrected chi connectivity index (χ4v) is 4.04. The van der Waals surface area contributed by atoms with E-state index in [0.29, 0.717) is 11.7 Å². The summed E-state index contributed by atoms with van der Waals surface area (Å²) in [7, 11) is 4.21. The minimum absolute atomic E-state index is 0.00513. The minimum atomic E-state index is -1.02. The molecule has 4 rings (SSSR count). The summed E-state index contributed by atoms with van der Waals surface area (Å²) in [4.78, 5) is 29.7. The van der Waals surface area contributed by atoms with Gasteiger partial charge in [0.1, 0.15) is 17.2 Å². The van der Waals surface area contributed by atoms with E-state index in [2.05, 4.69) is 44.7 Å². The summed E-state index contributed by atoms with van der Waals surface area (Å²) in [5.41, 5.74) is 0.790. The van der Waals surface area contributed by atoms with E-state index in [-0.39, 0.29) is 11.4 Å². The fraction of sp³-hybridized carbons (Fsp3) is 0.292. The van der Waals surface area contributed by atoms with E-state index in [0.717, 1.165) is 49.8 Å². The van der Waals surface area contributed by atoms with Gasteiger partial charge in [-0.15, -0.1) is 0 Å². The number of rotatable bonds is 6. The number of carbonyl (C=O) groups is 2. The molecule has 1 aliphatic heterocycles. The highest BCUT2D eigenvalue weighted by Crippen LogP contribution is 2.24. The van der Waals surface area contributed by atoms with Crippen LogP contribution >= 0.6 is 0 Å². The second-order valence-corrected chi connectivity index (χ2v) is 8.38. The summed E-state index contributed by atoms with van der Waals surface area (Å²) < 4.78 is 27.8. The Morgan fingerprint density at radius 1 is 1.00 bits per heavy atom. The van der Waals surface area contributed by atoms with Gasteiger partial charge in [-0.25, -0.2) is 8.78 Å². The fourth-order valence-electron chi connectivity index (χ4n) is 4.04. The number of hydrogen-bond acceptors (Lipinski definition) is 5. The van der Waals surface area contributed by atoms with E-state index in [1.807, 2.05) is 12.1 Å². The molecule has 2 aromatic carbocycles. The van der Waals surface area contributed by atoms with E-state index < -0.39 is 29.0 Å². The second-order valence-electron chi connectivity index (χ2n) is 8.38. The van der Waals surface area contributed by atoms with Crippen molar-refractivity contribution in [3.63, 3.8) is 0 Å². The minimum Gasteiger partial charge on any atom is -0.371 e. The van der Waals surface area contributed by atoms with Crippen LogP contribution in [-0.4, -0.2) is 60.1 Å². The molecule has 2 heterocycles. The zero-order valence-corrected chi connectivity index (χ0v) is 18.9. The van der Waals surface area contributed by atoms with Crippen molar-refractivity contribution in [3.8, 4) is 0 Å². The van der Waals surface area contributed by atoms with E-state index in [9.17, 15) is 18.4 Å². The zero-order chi connectivity index (χ0) is 24.2. The molecule has 1 fully saturated rings. The maximum absolute atomic E-state index is 13.9. The first kappa shape index (κ1) is 23.4.